The molecule has 0 spiro atoms. The van der Waals surface area contributed by atoms with Crippen LogP contribution in [-0.2, 0) is 16.4 Å². The Morgan fingerprint density at radius 3 is 2.59 bits per heavy atom. The molecule has 2 N–H and O–H groups in total. The molecule has 0 fully saturated rings. The van der Waals surface area contributed by atoms with E-state index in [1.54, 1.807) is 0 Å². The molecule has 0 saturated heterocycles. The lowest BCUT2D eigenvalue weighted by Gasteiger charge is -2.13. The van der Waals surface area contributed by atoms with Crippen LogP contribution in [-0.4, -0.2) is 38.1 Å². The van der Waals surface area contributed by atoms with Gasteiger partial charge in [-0.25, -0.2) is 13.2 Å². The molecule has 2 heterocycles. The standard InChI is InChI=1S/C9H9NO5S2/c1-17(14,15)9-6-4(2-10-3-5(6)11)7(16-9)8(12)13/h10H,2-3H2,1H3,(H,12,13). The first-order chi connectivity index (χ1) is 7.82. The number of ketones is 1. The Kier molecular flexibility index (Phi) is 2.80. The van der Waals surface area contributed by atoms with Crippen LogP contribution in [0.4, 0.5) is 0 Å². The van der Waals surface area contributed by atoms with Crippen molar-refractivity contribution < 1.29 is 23.1 Å². The zero-order valence-electron chi connectivity index (χ0n) is 8.81. The molecule has 0 atom stereocenters. The first kappa shape index (κ1) is 12.2. The van der Waals surface area contributed by atoms with Gasteiger partial charge in [0.1, 0.15) is 9.09 Å². The van der Waals surface area contributed by atoms with Crippen LogP contribution < -0.4 is 5.32 Å². The highest BCUT2D eigenvalue weighted by atomic mass is 32.2. The average molecular weight is 275 g/mol. The first-order valence-electron chi connectivity index (χ1n) is 4.65. The van der Waals surface area contributed by atoms with Gasteiger partial charge < -0.3 is 10.4 Å². The van der Waals surface area contributed by atoms with Gasteiger partial charge in [-0.05, 0) is 0 Å². The topological polar surface area (TPSA) is 101 Å². The summed E-state index contributed by atoms with van der Waals surface area (Å²) in [5.41, 5.74) is 0.327. The molecule has 8 heteroatoms. The van der Waals surface area contributed by atoms with Gasteiger partial charge in [0, 0.05) is 18.4 Å². The SMILES string of the molecule is CS(=O)(=O)c1sc(C(=O)O)c2c1C(=O)CNC2. The number of fused-ring (bicyclic) bond motifs is 1. The fourth-order valence-corrected chi connectivity index (χ4v) is 4.09. The van der Waals surface area contributed by atoms with E-state index < -0.39 is 15.8 Å². The first-order valence-corrected chi connectivity index (χ1v) is 7.36. The van der Waals surface area contributed by atoms with Crippen molar-refractivity contribution in [3.63, 3.8) is 0 Å². The fourth-order valence-electron chi connectivity index (χ4n) is 1.72. The van der Waals surface area contributed by atoms with Gasteiger partial charge in [-0.2, -0.15) is 0 Å². The average Bonchev–Trinajstić information content (AvgIpc) is 2.57. The number of carbonyl (C=O) groups is 2. The number of sulfone groups is 1. The lowest BCUT2D eigenvalue weighted by Crippen LogP contribution is -2.30. The van der Waals surface area contributed by atoms with Crippen molar-refractivity contribution >= 4 is 32.9 Å². The van der Waals surface area contributed by atoms with E-state index in [-0.39, 0.29) is 39.1 Å². The second kappa shape index (κ2) is 3.90. The monoisotopic (exact) mass is 275 g/mol. The molecular formula is C9H9NO5S2. The van der Waals surface area contributed by atoms with Crippen LogP contribution in [0.15, 0.2) is 4.21 Å². The number of hydrogen-bond acceptors (Lipinski definition) is 6. The highest BCUT2D eigenvalue weighted by Crippen LogP contribution is 2.34. The quantitative estimate of drug-likeness (QED) is 0.796. The third-order valence-corrected chi connectivity index (χ3v) is 5.42. The van der Waals surface area contributed by atoms with Gasteiger partial charge in [0.15, 0.2) is 15.6 Å². The molecule has 0 aliphatic carbocycles. The van der Waals surface area contributed by atoms with Crippen LogP contribution >= 0.6 is 11.3 Å². The molecule has 6 nitrogen and oxygen atoms in total. The Balaban J connectivity index is 2.79. The van der Waals surface area contributed by atoms with E-state index in [1.807, 2.05) is 0 Å². The summed E-state index contributed by atoms with van der Waals surface area (Å²) in [5.74, 6) is -1.59. The van der Waals surface area contributed by atoms with E-state index in [9.17, 15) is 18.0 Å². The van der Waals surface area contributed by atoms with Crippen molar-refractivity contribution in [2.45, 2.75) is 10.8 Å². The summed E-state index contributed by atoms with van der Waals surface area (Å²) in [6, 6.07) is 0. The maximum atomic E-state index is 11.7. The normalized spacial score (nSPS) is 15.7. The Bertz CT molecular complexity index is 614. The van der Waals surface area contributed by atoms with Gasteiger partial charge >= 0.3 is 5.97 Å². The summed E-state index contributed by atoms with van der Waals surface area (Å²) < 4.78 is 22.9. The number of hydrogen-bond donors (Lipinski definition) is 2. The van der Waals surface area contributed by atoms with E-state index in [2.05, 4.69) is 5.32 Å². The minimum Gasteiger partial charge on any atom is -0.477 e. The number of rotatable bonds is 2. The lowest BCUT2D eigenvalue weighted by atomic mass is 10.0. The second-order valence-electron chi connectivity index (χ2n) is 3.68. The van der Waals surface area contributed by atoms with Crippen LogP contribution in [0.2, 0.25) is 0 Å². The molecule has 17 heavy (non-hydrogen) atoms. The van der Waals surface area contributed by atoms with Gasteiger partial charge in [-0.3, -0.25) is 4.79 Å². The molecular weight excluding hydrogens is 266 g/mol. The highest BCUT2D eigenvalue weighted by Gasteiger charge is 2.32. The lowest BCUT2D eigenvalue weighted by molar-refractivity contribution is 0.0701. The molecule has 1 aromatic heterocycles. The molecule has 0 bridgehead atoms. The van der Waals surface area contributed by atoms with E-state index in [4.69, 9.17) is 5.11 Å². The highest BCUT2D eigenvalue weighted by molar-refractivity contribution is 7.92. The summed E-state index contributed by atoms with van der Waals surface area (Å²) in [6.07, 6.45) is 0.972. The molecule has 92 valence electrons. The molecule has 0 aromatic carbocycles. The van der Waals surface area contributed by atoms with Gasteiger partial charge in [0.2, 0.25) is 0 Å². The predicted octanol–water partition coefficient (Wildman–Crippen LogP) is 0.136. The number of carbonyl (C=O) groups excluding carboxylic acids is 1. The minimum absolute atomic E-state index is 0.0330. The Labute approximate surface area is 101 Å². The van der Waals surface area contributed by atoms with Crippen LogP contribution in [0.3, 0.4) is 0 Å². The maximum absolute atomic E-state index is 11.7. The summed E-state index contributed by atoms with van der Waals surface area (Å²) in [7, 11) is -3.58. The number of aromatic carboxylic acids is 1. The van der Waals surface area contributed by atoms with Crippen LogP contribution in [0.25, 0.3) is 0 Å². The second-order valence-corrected chi connectivity index (χ2v) is 6.91. The summed E-state index contributed by atoms with van der Waals surface area (Å²) >= 11 is 0.646. The fraction of sp³-hybridized carbons (Fsp3) is 0.333. The van der Waals surface area contributed by atoms with Gasteiger partial charge in [-0.1, -0.05) is 0 Å². The molecule has 1 aromatic rings. The molecule has 0 unspecified atom stereocenters. The Morgan fingerprint density at radius 1 is 1.41 bits per heavy atom. The molecule has 0 saturated carbocycles. The molecule has 1 aliphatic rings. The minimum atomic E-state index is -3.58. The molecule has 0 amide bonds. The van der Waals surface area contributed by atoms with E-state index in [1.165, 1.54) is 0 Å². The number of carboxylic acids is 1. The summed E-state index contributed by atoms with van der Waals surface area (Å²) in [6.45, 7) is 0.236. The Morgan fingerprint density at radius 2 is 2.06 bits per heavy atom. The largest absolute Gasteiger partial charge is 0.477 e. The summed E-state index contributed by atoms with van der Waals surface area (Å²) in [5, 5.41) is 11.7. The van der Waals surface area contributed by atoms with Crippen LogP contribution in [0, 0.1) is 0 Å². The van der Waals surface area contributed by atoms with Gasteiger partial charge in [0.25, 0.3) is 0 Å². The molecule has 0 radical (unpaired) electrons. The zero-order chi connectivity index (χ0) is 12.8. The third kappa shape index (κ3) is 1.99. The van der Waals surface area contributed by atoms with Gasteiger partial charge in [0.05, 0.1) is 12.1 Å². The van der Waals surface area contributed by atoms with E-state index >= 15 is 0 Å². The van der Waals surface area contributed by atoms with E-state index in [0.29, 0.717) is 11.3 Å². The summed E-state index contributed by atoms with van der Waals surface area (Å²) in [4.78, 5) is 22.6. The maximum Gasteiger partial charge on any atom is 0.346 e. The van der Waals surface area contributed by atoms with Crippen molar-refractivity contribution in [1.82, 2.24) is 5.32 Å². The van der Waals surface area contributed by atoms with Crippen LogP contribution in [0.5, 0.6) is 0 Å². The van der Waals surface area contributed by atoms with Crippen molar-refractivity contribution in [3.8, 4) is 0 Å². The van der Waals surface area contributed by atoms with Crippen LogP contribution in [0.1, 0.15) is 25.6 Å². The number of thiophene rings is 1. The van der Waals surface area contributed by atoms with Crippen molar-refractivity contribution in [3.05, 3.63) is 16.0 Å². The smallest absolute Gasteiger partial charge is 0.346 e. The predicted molar refractivity (Wildman–Crippen MR) is 60.4 cm³/mol. The Hall–Kier alpha value is -1.25. The van der Waals surface area contributed by atoms with Crippen molar-refractivity contribution in [2.75, 3.05) is 12.8 Å². The number of Topliss-reactive ketones (excluding diaryl/α,β-unsaturated/α-hetero) is 1. The molecule has 2 rings (SSSR count). The third-order valence-electron chi connectivity index (χ3n) is 2.37. The van der Waals surface area contributed by atoms with Crippen molar-refractivity contribution in [2.24, 2.45) is 0 Å². The van der Waals surface area contributed by atoms with Crippen molar-refractivity contribution in [1.29, 1.82) is 0 Å². The number of nitrogens with one attached hydrogen (secondary N) is 1. The van der Waals surface area contributed by atoms with Gasteiger partial charge in [-0.15, -0.1) is 11.3 Å². The number of carboxylic acid groups (broad SMARTS) is 1. The zero-order valence-corrected chi connectivity index (χ0v) is 10.4. The van der Waals surface area contributed by atoms with E-state index in [0.717, 1.165) is 6.26 Å². The molecule has 1 aliphatic heterocycles.